The van der Waals surface area contributed by atoms with E-state index < -0.39 is 19.4 Å². The lowest BCUT2D eigenvalue weighted by Gasteiger charge is -2.50. The van der Waals surface area contributed by atoms with Crippen LogP contribution in [-0.4, -0.2) is 69.9 Å². The highest BCUT2D eigenvalue weighted by molar-refractivity contribution is 7.53. The number of nitrogens with zero attached hydrogens (tertiary/aromatic N) is 3. The Morgan fingerprint density at radius 1 is 1.00 bits per heavy atom. The van der Waals surface area contributed by atoms with Crippen molar-refractivity contribution in [1.29, 1.82) is 0 Å². The van der Waals surface area contributed by atoms with Crippen molar-refractivity contribution in [2.45, 2.75) is 51.3 Å². The molecule has 2 aliphatic rings. The summed E-state index contributed by atoms with van der Waals surface area (Å²) in [4.78, 5) is 5.18. The molecule has 5 heterocycles. The van der Waals surface area contributed by atoms with E-state index >= 15 is 0 Å². The van der Waals surface area contributed by atoms with Gasteiger partial charge in [-0.05, 0) is 40.0 Å². The molecule has 3 aromatic heterocycles. The molecule has 11 heteroatoms. The minimum atomic E-state index is -3.39. The van der Waals surface area contributed by atoms with Gasteiger partial charge in [-0.25, -0.2) is 0 Å². The molecule has 0 aliphatic carbocycles. The van der Waals surface area contributed by atoms with Crippen LogP contribution in [0, 0.1) is 0 Å². The summed E-state index contributed by atoms with van der Waals surface area (Å²) in [6.45, 7) is 6.35. The molecule has 230 valence electrons. The highest BCUT2D eigenvalue weighted by atomic mass is 31.2. The molecule has 2 aliphatic heterocycles. The number of hydrogen-bond acceptors (Lipinski definition) is 7. The first-order chi connectivity index (χ1) is 21.3. The molecule has 0 amide bonds. The first-order valence-corrected chi connectivity index (χ1v) is 17.0. The molecule has 0 unspecified atom stereocenters. The Hall–Kier alpha value is -3.37. The number of nitrogens with one attached hydrogen (secondary N) is 1. The summed E-state index contributed by atoms with van der Waals surface area (Å²) in [5.41, 5.74) is 3.12. The predicted octanol–water partition coefficient (Wildman–Crippen LogP) is 7.23. The topological polar surface area (TPSA) is 103 Å². The average Bonchev–Trinajstić information content (AvgIpc) is 3.64. The van der Waals surface area contributed by atoms with Crippen LogP contribution in [0.5, 0.6) is 5.88 Å². The smallest absolute Gasteiger partial charge is 0.344 e. The maximum atomic E-state index is 13.7. The Morgan fingerprint density at radius 3 is 2.34 bits per heavy atom. The van der Waals surface area contributed by atoms with Crippen molar-refractivity contribution in [3.8, 4) is 5.88 Å². The standard InChI is InChI=1S/C33H37N4O6P/c1-6-41-44(39,42-7-2)18-35(4)24-16-25-36-22-14-10-8-12-19(22)27-28-21(17-34-32(28)38)26-20-13-9-11-15-23(20)37(30(26)29(27)36)33(3,43-25)31(24)40-5/h8-15,17,24-25,31,34,38H,6-7,16,18H2,1-5H3/t24-,25-,31-,33+/m1/s1. The van der Waals surface area contributed by atoms with Crippen LogP contribution < -0.4 is 0 Å². The molecule has 1 fully saturated rings. The van der Waals surface area contributed by atoms with E-state index in [-0.39, 0.29) is 24.4 Å². The van der Waals surface area contributed by atoms with Crippen LogP contribution in [0.15, 0.2) is 54.7 Å². The van der Waals surface area contributed by atoms with Crippen LogP contribution in [0.1, 0.15) is 33.4 Å². The van der Waals surface area contributed by atoms with Crippen LogP contribution in [0.2, 0.25) is 0 Å². The maximum Gasteiger partial charge on any atom is 0.344 e. The Kier molecular flexibility index (Phi) is 6.27. The number of aromatic nitrogens is 3. The molecule has 1 saturated heterocycles. The van der Waals surface area contributed by atoms with E-state index in [9.17, 15) is 9.67 Å². The molecule has 0 saturated carbocycles. The fourth-order valence-corrected chi connectivity index (χ4v) is 9.98. The first-order valence-electron chi connectivity index (χ1n) is 15.2. The minimum absolute atomic E-state index is 0.121. The molecule has 8 rings (SSSR count). The molecular weight excluding hydrogens is 579 g/mol. The maximum absolute atomic E-state index is 13.7. The van der Waals surface area contributed by atoms with E-state index in [1.54, 1.807) is 7.11 Å². The van der Waals surface area contributed by atoms with Crippen molar-refractivity contribution in [2.24, 2.45) is 0 Å². The van der Waals surface area contributed by atoms with E-state index in [2.05, 4.69) is 50.2 Å². The molecule has 6 aromatic rings. The molecule has 2 N–H and O–H groups in total. The van der Waals surface area contributed by atoms with Crippen molar-refractivity contribution in [2.75, 3.05) is 33.7 Å². The van der Waals surface area contributed by atoms with Gasteiger partial charge in [-0.15, -0.1) is 0 Å². The average molecular weight is 617 g/mol. The number of benzene rings is 3. The van der Waals surface area contributed by atoms with Gasteiger partial charge in [0.15, 0.2) is 11.6 Å². The van der Waals surface area contributed by atoms with Crippen molar-refractivity contribution >= 4 is 62.0 Å². The third-order valence-corrected chi connectivity index (χ3v) is 11.8. The predicted molar refractivity (Wildman–Crippen MR) is 172 cm³/mol. The number of aromatic amines is 1. The normalized spacial score (nSPS) is 23.7. The van der Waals surface area contributed by atoms with Gasteiger partial charge in [0.2, 0.25) is 0 Å². The van der Waals surface area contributed by atoms with Gasteiger partial charge in [-0.2, -0.15) is 0 Å². The summed E-state index contributed by atoms with van der Waals surface area (Å²) in [6, 6.07) is 16.5. The monoisotopic (exact) mass is 616 g/mol. The van der Waals surface area contributed by atoms with E-state index in [0.29, 0.717) is 19.6 Å². The Labute approximate surface area is 254 Å². The van der Waals surface area contributed by atoms with Crippen LogP contribution in [-0.2, 0) is 28.8 Å². The van der Waals surface area contributed by atoms with Gasteiger partial charge in [-0.3, -0.25) is 9.46 Å². The van der Waals surface area contributed by atoms with Crippen molar-refractivity contribution in [1.82, 2.24) is 19.0 Å². The largest absolute Gasteiger partial charge is 0.494 e. The van der Waals surface area contributed by atoms with Gasteiger partial charge >= 0.3 is 7.60 Å². The number of likely N-dealkylation sites (N-methyl/N-ethyl adjacent to an activating group) is 1. The number of methoxy groups -OCH3 is 1. The summed E-state index contributed by atoms with van der Waals surface area (Å²) in [6.07, 6.45) is 1.77. The lowest BCUT2D eigenvalue weighted by Crippen LogP contribution is -2.60. The lowest BCUT2D eigenvalue weighted by atomic mass is 9.92. The van der Waals surface area contributed by atoms with Gasteiger partial charge in [0, 0.05) is 52.7 Å². The summed E-state index contributed by atoms with van der Waals surface area (Å²) < 4.78 is 43.4. The minimum Gasteiger partial charge on any atom is -0.494 e. The quantitative estimate of drug-likeness (QED) is 0.174. The molecule has 10 nitrogen and oxygen atoms in total. The second-order valence-corrected chi connectivity index (χ2v) is 14.1. The number of ether oxygens (including phenoxy) is 2. The fourth-order valence-electron chi connectivity index (χ4n) is 8.20. The lowest BCUT2D eigenvalue weighted by molar-refractivity contribution is -0.266. The van der Waals surface area contributed by atoms with E-state index in [4.69, 9.17) is 18.5 Å². The number of H-pyrrole nitrogens is 1. The zero-order valence-electron chi connectivity index (χ0n) is 25.5. The SMILES string of the molecule is CCOP(=O)(CN(C)[C@@H]1C[C@H]2O[C@@](C)([C@@H]1OC)n1c3ccccc3c3c4c[nH]c(O)c4c4c5ccccc5n2c4c31)OCC. The van der Waals surface area contributed by atoms with Gasteiger partial charge < -0.3 is 37.7 Å². The van der Waals surface area contributed by atoms with Gasteiger partial charge in [0.1, 0.15) is 18.6 Å². The zero-order valence-corrected chi connectivity index (χ0v) is 26.4. The van der Waals surface area contributed by atoms with Crippen molar-refractivity contribution in [3.05, 3.63) is 54.7 Å². The number of para-hydroxylation sites is 2. The van der Waals surface area contributed by atoms with Crippen LogP contribution in [0.3, 0.4) is 0 Å². The molecule has 44 heavy (non-hydrogen) atoms. The molecule has 3 aromatic carbocycles. The number of hydrogen-bond donors (Lipinski definition) is 2. The zero-order chi connectivity index (χ0) is 30.5. The van der Waals surface area contributed by atoms with Crippen molar-refractivity contribution in [3.63, 3.8) is 0 Å². The summed E-state index contributed by atoms with van der Waals surface area (Å²) in [5.74, 6) is 0.149. The Bertz CT molecular complexity index is 2140. The van der Waals surface area contributed by atoms with Gasteiger partial charge in [0.25, 0.3) is 0 Å². The molecule has 4 atom stereocenters. The van der Waals surface area contributed by atoms with E-state index in [1.807, 2.05) is 51.4 Å². The van der Waals surface area contributed by atoms with Gasteiger partial charge in [0.05, 0.1) is 40.7 Å². The van der Waals surface area contributed by atoms with E-state index in [1.165, 1.54) is 0 Å². The number of rotatable bonds is 8. The molecule has 2 bridgehead atoms. The third kappa shape index (κ3) is 3.58. The van der Waals surface area contributed by atoms with Crippen LogP contribution in [0.4, 0.5) is 0 Å². The second-order valence-electron chi connectivity index (χ2n) is 12.0. The number of aromatic hydroxyl groups is 1. The summed E-state index contributed by atoms with van der Waals surface area (Å²) >= 11 is 0. The summed E-state index contributed by atoms with van der Waals surface area (Å²) in [7, 11) is 0.296. The Balaban J connectivity index is 1.48. The van der Waals surface area contributed by atoms with E-state index in [0.717, 1.165) is 54.4 Å². The molecule has 0 radical (unpaired) electrons. The fraction of sp³-hybridized carbons (Fsp3) is 0.394. The Morgan fingerprint density at radius 2 is 1.66 bits per heavy atom. The molecule has 0 spiro atoms. The highest BCUT2D eigenvalue weighted by Gasteiger charge is 2.54. The molecular formula is C33H37N4O6P. The number of fused-ring (bicyclic) bond motifs is 13. The highest BCUT2D eigenvalue weighted by Crippen LogP contribution is 2.56. The van der Waals surface area contributed by atoms with Crippen molar-refractivity contribution < 1.29 is 28.2 Å². The third-order valence-electron chi connectivity index (χ3n) is 9.68. The van der Waals surface area contributed by atoms with Crippen LogP contribution in [0.25, 0.3) is 54.4 Å². The van der Waals surface area contributed by atoms with Gasteiger partial charge in [-0.1, -0.05) is 36.4 Å². The second kappa shape index (κ2) is 9.81. The first kappa shape index (κ1) is 28.1. The van der Waals surface area contributed by atoms with Crippen LogP contribution >= 0.6 is 7.60 Å². The summed E-state index contributed by atoms with van der Waals surface area (Å²) in [5, 5.41) is 17.2.